The Hall–Kier alpha value is -2.11. The zero-order chi connectivity index (χ0) is 13.1. The molecule has 1 aliphatic rings. The predicted molar refractivity (Wildman–Crippen MR) is 65.2 cm³/mol. The first kappa shape index (κ1) is 12.3. The number of pyridine rings is 1. The van der Waals surface area contributed by atoms with E-state index in [2.05, 4.69) is 15.0 Å². The van der Waals surface area contributed by atoms with Gasteiger partial charge in [0.05, 0.1) is 12.7 Å². The van der Waals surface area contributed by atoms with E-state index in [4.69, 9.17) is 0 Å². The average molecular weight is 249 g/mol. The number of carbonyl (C=O) groups is 2. The molecule has 1 atom stereocenters. The van der Waals surface area contributed by atoms with Gasteiger partial charge in [-0.1, -0.05) is 0 Å². The number of nitrogens with one attached hydrogen (secondary N) is 1. The molecule has 1 saturated heterocycles. The van der Waals surface area contributed by atoms with Gasteiger partial charge < -0.3 is 15.0 Å². The second-order valence-electron chi connectivity index (χ2n) is 4.17. The van der Waals surface area contributed by atoms with Crippen molar-refractivity contribution in [2.45, 2.75) is 12.5 Å². The summed E-state index contributed by atoms with van der Waals surface area (Å²) in [5, 5.41) is 3.03. The highest BCUT2D eigenvalue weighted by atomic mass is 16.5. The maximum atomic E-state index is 11.7. The summed E-state index contributed by atoms with van der Waals surface area (Å²) in [6, 6.07) is 2.88. The Morgan fingerprint density at radius 1 is 1.61 bits per heavy atom. The van der Waals surface area contributed by atoms with Gasteiger partial charge in [0.2, 0.25) is 5.91 Å². The molecule has 0 radical (unpaired) electrons. The van der Waals surface area contributed by atoms with Crippen molar-refractivity contribution < 1.29 is 14.3 Å². The lowest BCUT2D eigenvalue weighted by molar-refractivity contribution is -0.127. The van der Waals surface area contributed by atoms with Crippen LogP contribution in [-0.4, -0.2) is 48.5 Å². The minimum Gasteiger partial charge on any atom is -0.465 e. The summed E-state index contributed by atoms with van der Waals surface area (Å²) in [4.78, 5) is 28.9. The van der Waals surface area contributed by atoms with Crippen LogP contribution in [0.25, 0.3) is 0 Å². The van der Waals surface area contributed by atoms with Crippen LogP contribution in [0.1, 0.15) is 16.8 Å². The lowest BCUT2D eigenvalue weighted by Gasteiger charge is -2.13. The van der Waals surface area contributed by atoms with Gasteiger partial charge in [-0.15, -0.1) is 0 Å². The van der Waals surface area contributed by atoms with Crippen molar-refractivity contribution in [3.63, 3.8) is 0 Å². The first-order valence-corrected chi connectivity index (χ1v) is 5.67. The number of methoxy groups -OCH3 is 1. The van der Waals surface area contributed by atoms with Crippen molar-refractivity contribution in [2.75, 3.05) is 26.0 Å². The van der Waals surface area contributed by atoms with E-state index in [1.165, 1.54) is 13.3 Å². The van der Waals surface area contributed by atoms with Gasteiger partial charge in [0, 0.05) is 19.8 Å². The maximum Gasteiger partial charge on any atom is 0.338 e. The highest BCUT2D eigenvalue weighted by Crippen LogP contribution is 2.15. The van der Waals surface area contributed by atoms with Crippen molar-refractivity contribution in [3.05, 3.63) is 23.9 Å². The van der Waals surface area contributed by atoms with E-state index in [-0.39, 0.29) is 11.9 Å². The summed E-state index contributed by atoms with van der Waals surface area (Å²) in [5.41, 5.74) is 0.411. The lowest BCUT2D eigenvalue weighted by Crippen LogP contribution is -2.31. The number of likely N-dealkylation sites (tertiary alicyclic amines) is 1. The van der Waals surface area contributed by atoms with Gasteiger partial charge >= 0.3 is 5.97 Å². The monoisotopic (exact) mass is 249 g/mol. The highest BCUT2D eigenvalue weighted by Gasteiger charge is 2.29. The second-order valence-corrected chi connectivity index (χ2v) is 4.17. The fraction of sp³-hybridized carbons (Fsp3) is 0.417. The van der Waals surface area contributed by atoms with Crippen LogP contribution in [0, 0.1) is 0 Å². The lowest BCUT2D eigenvalue weighted by atomic mass is 10.2. The normalized spacial score (nSPS) is 18.9. The molecule has 96 valence electrons. The Kier molecular flexibility index (Phi) is 3.45. The van der Waals surface area contributed by atoms with Crippen LogP contribution >= 0.6 is 0 Å². The van der Waals surface area contributed by atoms with Crippen LogP contribution < -0.4 is 5.32 Å². The molecule has 0 aliphatic carbocycles. The van der Waals surface area contributed by atoms with E-state index >= 15 is 0 Å². The molecule has 0 bridgehead atoms. The third-order valence-electron chi connectivity index (χ3n) is 2.93. The summed E-state index contributed by atoms with van der Waals surface area (Å²) in [5.74, 6) is 0.127. The standard InChI is InChI=1S/C12H15N3O3/c1-15-6-4-9(11(15)16)14-10-7-8(3-5-13-10)12(17)18-2/h3,5,7,9H,4,6H2,1-2H3,(H,13,14). The number of likely N-dealkylation sites (N-methyl/N-ethyl adjacent to an activating group) is 1. The van der Waals surface area contributed by atoms with Crippen molar-refractivity contribution in [2.24, 2.45) is 0 Å². The molecule has 1 unspecified atom stereocenters. The SMILES string of the molecule is COC(=O)c1ccnc(NC2CCN(C)C2=O)c1. The smallest absolute Gasteiger partial charge is 0.338 e. The number of esters is 1. The summed E-state index contributed by atoms with van der Waals surface area (Å²) < 4.78 is 4.63. The number of aromatic nitrogens is 1. The fourth-order valence-electron chi connectivity index (χ4n) is 1.89. The molecule has 1 aromatic rings. The van der Waals surface area contributed by atoms with Gasteiger partial charge in [0.25, 0.3) is 0 Å². The molecule has 2 heterocycles. The Bertz CT molecular complexity index is 475. The minimum absolute atomic E-state index is 0.0419. The topological polar surface area (TPSA) is 71.5 Å². The van der Waals surface area contributed by atoms with Crippen LogP contribution in [0.15, 0.2) is 18.3 Å². The largest absolute Gasteiger partial charge is 0.465 e. The summed E-state index contributed by atoms with van der Waals surface area (Å²) in [7, 11) is 3.09. The molecule has 2 rings (SSSR count). The van der Waals surface area contributed by atoms with Crippen LogP contribution in [0.5, 0.6) is 0 Å². The van der Waals surface area contributed by atoms with E-state index in [1.807, 2.05) is 0 Å². The van der Waals surface area contributed by atoms with E-state index < -0.39 is 5.97 Å². The van der Waals surface area contributed by atoms with Crippen LogP contribution in [0.2, 0.25) is 0 Å². The van der Waals surface area contributed by atoms with E-state index in [0.717, 1.165) is 13.0 Å². The van der Waals surface area contributed by atoms with Gasteiger partial charge in [-0.25, -0.2) is 9.78 Å². The zero-order valence-corrected chi connectivity index (χ0v) is 10.3. The molecule has 6 heteroatoms. The third-order valence-corrected chi connectivity index (χ3v) is 2.93. The van der Waals surface area contributed by atoms with Gasteiger partial charge in [-0.3, -0.25) is 4.79 Å². The number of carbonyl (C=O) groups excluding carboxylic acids is 2. The first-order chi connectivity index (χ1) is 8.61. The third kappa shape index (κ3) is 2.42. The van der Waals surface area contributed by atoms with Crippen molar-refractivity contribution in [1.82, 2.24) is 9.88 Å². The van der Waals surface area contributed by atoms with Crippen LogP contribution in [0.3, 0.4) is 0 Å². The molecule has 18 heavy (non-hydrogen) atoms. The Morgan fingerprint density at radius 3 is 3.00 bits per heavy atom. The highest BCUT2D eigenvalue weighted by molar-refractivity contribution is 5.90. The van der Waals surface area contributed by atoms with Crippen LogP contribution in [0.4, 0.5) is 5.82 Å². The maximum absolute atomic E-state index is 11.7. The van der Waals surface area contributed by atoms with Crippen molar-refractivity contribution >= 4 is 17.7 Å². The quantitative estimate of drug-likeness (QED) is 0.790. The molecule has 1 fully saturated rings. The van der Waals surface area contributed by atoms with E-state index in [9.17, 15) is 9.59 Å². The predicted octanol–water partition coefficient (Wildman–Crippen LogP) is 0.511. The van der Waals surface area contributed by atoms with Gasteiger partial charge in [-0.05, 0) is 18.6 Å². The van der Waals surface area contributed by atoms with Gasteiger partial charge in [0.1, 0.15) is 11.9 Å². The number of hydrogen-bond donors (Lipinski definition) is 1. The zero-order valence-electron chi connectivity index (χ0n) is 10.3. The van der Waals surface area contributed by atoms with E-state index in [1.54, 1.807) is 24.1 Å². The molecule has 1 aromatic heterocycles. The summed E-state index contributed by atoms with van der Waals surface area (Å²) >= 11 is 0. The molecular formula is C12H15N3O3. The number of ether oxygens (including phenoxy) is 1. The summed E-state index contributed by atoms with van der Waals surface area (Å²) in [6.45, 7) is 0.729. The minimum atomic E-state index is -0.421. The second kappa shape index (κ2) is 5.03. The Labute approximate surface area is 105 Å². The Morgan fingerprint density at radius 2 is 2.39 bits per heavy atom. The van der Waals surface area contributed by atoms with Crippen molar-refractivity contribution in [3.8, 4) is 0 Å². The molecule has 6 nitrogen and oxygen atoms in total. The number of rotatable bonds is 3. The Balaban J connectivity index is 2.10. The molecule has 0 aromatic carbocycles. The molecule has 1 amide bonds. The number of nitrogens with zero attached hydrogens (tertiary/aromatic N) is 2. The first-order valence-electron chi connectivity index (χ1n) is 5.67. The summed E-state index contributed by atoms with van der Waals surface area (Å²) in [6.07, 6.45) is 2.25. The fourth-order valence-corrected chi connectivity index (χ4v) is 1.89. The number of anilines is 1. The van der Waals surface area contributed by atoms with Crippen molar-refractivity contribution in [1.29, 1.82) is 0 Å². The molecule has 1 aliphatic heterocycles. The van der Waals surface area contributed by atoms with Crippen LogP contribution in [-0.2, 0) is 9.53 Å². The number of amides is 1. The molecule has 1 N–H and O–H groups in total. The van der Waals surface area contributed by atoms with Gasteiger partial charge in [0.15, 0.2) is 0 Å². The average Bonchev–Trinajstić information content (AvgIpc) is 2.70. The number of hydrogen-bond acceptors (Lipinski definition) is 5. The van der Waals surface area contributed by atoms with Gasteiger partial charge in [-0.2, -0.15) is 0 Å². The molecular weight excluding hydrogens is 234 g/mol. The van der Waals surface area contributed by atoms with E-state index in [0.29, 0.717) is 11.4 Å². The molecule has 0 saturated carbocycles. The molecule has 0 spiro atoms.